The summed E-state index contributed by atoms with van der Waals surface area (Å²) in [7, 11) is 8.03. The van der Waals surface area contributed by atoms with Gasteiger partial charge in [-0.3, -0.25) is 0 Å². The Hall–Kier alpha value is -2.54. The summed E-state index contributed by atoms with van der Waals surface area (Å²) in [6.45, 7) is 2.31. The van der Waals surface area contributed by atoms with E-state index in [9.17, 15) is 5.11 Å². The quantitative estimate of drug-likeness (QED) is 0.520. The van der Waals surface area contributed by atoms with Gasteiger partial charge in [-0.25, -0.2) is 0 Å². The van der Waals surface area contributed by atoms with Crippen LogP contribution in [0.1, 0.15) is 60.8 Å². The fraction of sp³-hybridized carbons (Fsp3) is 0.611. The molecule has 3 heterocycles. The Morgan fingerprint density at radius 2 is 1.67 bits per heavy atom. The minimum atomic E-state index is -0.539. The van der Waals surface area contributed by atoms with Crippen molar-refractivity contribution in [2.24, 2.45) is 11.8 Å². The van der Waals surface area contributed by atoms with Gasteiger partial charge in [0.15, 0.2) is 11.5 Å². The molecule has 2 saturated heterocycles. The number of likely N-dealkylation sites (tertiary alicyclic amines) is 2. The predicted molar refractivity (Wildman–Crippen MR) is 164 cm³/mol. The van der Waals surface area contributed by atoms with Crippen LogP contribution >= 0.6 is 0 Å². The standard InChI is InChI=1S/C18H21NO3.C18H25NO/c1-19-8-7-18-11-4-5-13(20)17(18)22-16-14(21-2)6-3-10(15(16)18)9-12(11)19;1-19-10-9-18-8-4-3-5-15(18)17(19)11-13-6-7-14(20-2)12-16(13)18/h3-6,11-13,17,20H,7-9H2,1-2H3;6-7,12,15,17H,3-5,8-11H2,1-2H3/t11-,12+,13-,17-,18-;15-,17+,18+/m01/s1. The third kappa shape index (κ3) is 3.55. The summed E-state index contributed by atoms with van der Waals surface area (Å²) in [6.07, 6.45) is 13.8. The number of piperidine rings is 2. The molecule has 6 nitrogen and oxygen atoms in total. The van der Waals surface area contributed by atoms with Gasteiger partial charge in [0.05, 0.1) is 14.2 Å². The average Bonchev–Trinajstić information content (AvgIpc) is 3.38. The summed E-state index contributed by atoms with van der Waals surface area (Å²) in [5.41, 5.74) is 6.27. The van der Waals surface area contributed by atoms with Crippen LogP contribution in [-0.4, -0.2) is 80.6 Å². The van der Waals surface area contributed by atoms with E-state index in [0.717, 1.165) is 48.6 Å². The zero-order valence-corrected chi connectivity index (χ0v) is 25.6. The van der Waals surface area contributed by atoms with Gasteiger partial charge in [0, 0.05) is 34.4 Å². The molecule has 1 spiro atoms. The van der Waals surface area contributed by atoms with Crippen molar-refractivity contribution >= 4 is 0 Å². The lowest BCUT2D eigenvalue weighted by atomic mass is 9.52. The topological polar surface area (TPSA) is 54.4 Å². The molecule has 3 aliphatic heterocycles. The first-order valence-corrected chi connectivity index (χ1v) is 16.2. The summed E-state index contributed by atoms with van der Waals surface area (Å²) in [5, 5.41) is 10.6. The van der Waals surface area contributed by atoms with Crippen LogP contribution < -0.4 is 14.2 Å². The molecule has 1 N–H and O–H groups in total. The molecule has 7 aliphatic rings. The van der Waals surface area contributed by atoms with E-state index in [1.165, 1.54) is 56.2 Å². The monoisotopic (exact) mass is 570 g/mol. The van der Waals surface area contributed by atoms with Gasteiger partial charge in [-0.2, -0.15) is 0 Å². The van der Waals surface area contributed by atoms with E-state index in [0.29, 0.717) is 17.4 Å². The Labute approximate surface area is 250 Å². The third-order valence-corrected chi connectivity index (χ3v) is 12.7. The van der Waals surface area contributed by atoms with Gasteiger partial charge >= 0.3 is 0 Å². The normalized spacial score (nSPS) is 38.7. The summed E-state index contributed by atoms with van der Waals surface area (Å²) in [6, 6.07) is 12.3. The zero-order valence-electron chi connectivity index (χ0n) is 25.6. The maximum atomic E-state index is 10.6. The average molecular weight is 571 g/mol. The van der Waals surface area contributed by atoms with Crippen LogP contribution in [0.2, 0.25) is 0 Å². The fourth-order valence-corrected chi connectivity index (χ4v) is 10.7. The second-order valence-electron chi connectivity index (χ2n) is 14.1. The molecule has 8 atom stereocenters. The van der Waals surface area contributed by atoms with Crippen molar-refractivity contribution in [3.63, 3.8) is 0 Å². The van der Waals surface area contributed by atoms with E-state index in [2.05, 4.69) is 54.2 Å². The number of hydrogen-bond donors (Lipinski definition) is 1. The highest BCUT2D eigenvalue weighted by atomic mass is 16.5. The van der Waals surface area contributed by atoms with Gasteiger partial charge < -0.3 is 29.1 Å². The Morgan fingerprint density at radius 1 is 0.881 bits per heavy atom. The molecule has 0 unspecified atom stereocenters. The van der Waals surface area contributed by atoms with Gasteiger partial charge in [-0.1, -0.05) is 37.1 Å². The van der Waals surface area contributed by atoms with Crippen molar-refractivity contribution in [2.45, 2.75) is 86.5 Å². The number of methoxy groups -OCH3 is 2. The molecule has 0 amide bonds. The van der Waals surface area contributed by atoms with Crippen LogP contribution in [-0.2, 0) is 23.7 Å². The highest BCUT2D eigenvalue weighted by Gasteiger charge is 2.64. The maximum Gasteiger partial charge on any atom is 0.165 e. The van der Waals surface area contributed by atoms with E-state index in [4.69, 9.17) is 14.2 Å². The van der Waals surface area contributed by atoms with Crippen molar-refractivity contribution < 1.29 is 19.3 Å². The molecule has 0 radical (unpaired) electrons. The SMILES string of the molecule is COc1ccc2c(c1)[C@]13CCCC[C@@H]1[C@H](C2)N(C)CC3.COc1ccc2c3c1O[C@H]1[C@@H](O)C=C[C@H]4[C@@H](C2)N(C)CC[C@@]341. The van der Waals surface area contributed by atoms with E-state index in [-0.39, 0.29) is 11.5 Å². The number of aliphatic hydroxyl groups excluding tert-OH is 1. The summed E-state index contributed by atoms with van der Waals surface area (Å²) in [4.78, 5) is 5.10. The molecule has 1 saturated carbocycles. The van der Waals surface area contributed by atoms with Crippen molar-refractivity contribution in [3.05, 3.63) is 64.7 Å². The highest BCUT2D eigenvalue weighted by molar-refractivity contribution is 5.62. The number of likely N-dealkylation sites (N-methyl/N-ethyl adjacent to an activating group) is 2. The number of hydrogen-bond acceptors (Lipinski definition) is 6. The predicted octanol–water partition coefficient (Wildman–Crippen LogP) is 4.88. The Kier molecular flexibility index (Phi) is 6.27. The second kappa shape index (κ2) is 9.73. The molecule has 0 aromatic heterocycles. The van der Waals surface area contributed by atoms with Gasteiger partial charge in [0.2, 0.25) is 0 Å². The zero-order chi connectivity index (χ0) is 28.8. The Balaban J connectivity index is 0.000000128. The molecular formula is C36H46N2O4. The minimum Gasteiger partial charge on any atom is -0.497 e. The Bertz CT molecular complexity index is 1420. The number of fused-ring (bicyclic) bond motifs is 1. The van der Waals surface area contributed by atoms with Crippen molar-refractivity contribution in [1.82, 2.24) is 9.80 Å². The lowest BCUT2D eigenvalue weighted by Crippen LogP contribution is -2.64. The third-order valence-electron chi connectivity index (χ3n) is 12.7. The van der Waals surface area contributed by atoms with Crippen molar-refractivity contribution in [2.75, 3.05) is 41.4 Å². The number of ether oxygens (including phenoxy) is 3. The van der Waals surface area contributed by atoms with Crippen LogP contribution in [0.25, 0.3) is 0 Å². The minimum absolute atomic E-state index is 0.0806. The number of rotatable bonds is 2. The van der Waals surface area contributed by atoms with E-state index < -0.39 is 6.10 Å². The van der Waals surface area contributed by atoms with Gasteiger partial charge in [0.25, 0.3) is 0 Å². The Morgan fingerprint density at radius 3 is 2.50 bits per heavy atom. The van der Waals surface area contributed by atoms with E-state index in [1.807, 2.05) is 12.1 Å². The summed E-state index contributed by atoms with van der Waals surface area (Å²) < 4.78 is 17.3. The van der Waals surface area contributed by atoms with Crippen LogP contribution in [0.5, 0.6) is 17.2 Å². The first-order valence-electron chi connectivity index (χ1n) is 16.2. The molecule has 2 aromatic rings. The largest absolute Gasteiger partial charge is 0.497 e. The molecule has 42 heavy (non-hydrogen) atoms. The number of nitrogens with zero attached hydrogens (tertiary/aromatic N) is 2. The summed E-state index contributed by atoms with van der Waals surface area (Å²) >= 11 is 0. The van der Waals surface area contributed by atoms with Crippen LogP contribution in [0.3, 0.4) is 0 Å². The van der Waals surface area contributed by atoms with Gasteiger partial charge in [0.1, 0.15) is 18.0 Å². The molecule has 9 rings (SSSR count). The number of aliphatic hydroxyl groups is 1. The fourth-order valence-electron chi connectivity index (χ4n) is 10.7. The van der Waals surface area contributed by atoms with E-state index in [1.54, 1.807) is 25.3 Å². The number of benzene rings is 2. The smallest absolute Gasteiger partial charge is 0.165 e. The van der Waals surface area contributed by atoms with Crippen LogP contribution in [0, 0.1) is 11.8 Å². The van der Waals surface area contributed by atoms with Crippen LogP contribution in [0.4, 0.5) is 0 Å². The van der Waals surface area contributed by atoms with Crippen LogP contribution in [0.15, 0.2) is 42.5 Å². The highest BCUT2D eigenvalue weighted by Crippen LogP contribution is 2.62. The van der Waals surface area contributed by atoms with Gasteiger partial charge in [-0.15, -0.1) is 0 Å². The van der Waals surface area contributed by atoms with Crippen molar-refractivity contribution in [1.29, 1.82) is 0 Å². The molecule has 6 heteroatoms. The molecule has 4 bridgehead atoms. The molecule has 2 aromatic carbocycles. The first-order chi connectivity index (χ1) is 20.4. The lowest BCUT2D eigenvalue weighted by molar-refractivity contribution is -0.0453. The lowest BCUT2D eigenvalue weighted by Gasteiger charge is -2.58. The van der Waals surface area contributed by atoms with Crippen molar-refractivity contribution in [3.8, 4) is 17.2 Å². The maximum absolute atomic E-state index is 10.6. The first kappa shape index (κ1) is 27.0. The molecular weight excluding hydrogens is 524 g/mol. The molecule has 3 fully saturated rings. The molecule has 4 aliphatic carbocycles. The van der Waals surface area contributed by atoms with Gasteiger partial charge in [-0.05, 0) is 107 Å². The molecule has 224 valence electrons. The second-order valence-corrected chi connectivity index (χ2v) is 14.1. The summed E-state index contributed by atoms with van der Waals surface area (Å²) in [5.74, 6) is 4.00. The van der Waals surface area contributed by atoms with E-state index >= 15 is 0 Å².